The number of nitrogens with one attached hydrogen (secondary N) is 1. The third-order valence-electron chi connectivity index (χ3n) is 2.77. The molecule has 0 aliphatic carbocycles. The monoisotopic (exact) mass is 336 g/mol. The molecule has 0 aromatic heterocycles. The van der Waals surface area contributed by atoms with Crippen LogP contribution in [0.25, 0.3) is 0 Å². The van der Waals surface area contributed by atoms with Gasteiger partial charge >= 0.3 is 0 Å². The van der Waals surface area contributed by atoms with Crippen molar-refractivity contribution in [2.75, 3.05) is 5.32 Å². The van der Waals surface area contributed by atoms with Crippen LogP contribution in [-0.4, -0.2) is 10.7 Å². The van der Waals surface area contributed by atoms with E-state index in [1.807, 2.05) is 0 Å². The molecule has 2 aromatic rings. The number of nitrogens with zero attached hydrogens (tertiary/aromatic N) is 1. The fourth-order valence-corrected chi connectivity index (χ4v) is 2.07. The Morgan fingerprint density at radius 2 is 1.73 bits per heavy atom. The molecule has 0 saturated carbocycles. The van der Waals surface area contributed by atoms with Crippen LogP contribution in [0.2, 0.25) is 10.0 Å². The van der Waals surface area contributed by atoms with E-state index in [0.29, 0.717) is 26.9 Å². The number of carbonyl (C=O) groups excluding carboxylic acids is 1. The molecule has 0 fully saturated rings. The predicted octanol–water partition coefficient (Wildman–Crippen LogP) is 4.38. The molecule has 0 radical (unpaired) electrons. The minimum absolute atomic E-state index is 0.267. The summed E-state index contributed by atoms with van der Waals surface area (Å²) in [6.07, 6.45) is 1.88. The number of halogens is 2. The van der Waals surface area contributed by atoms with E-state index >= 15 is 0 Å². The van der Waals surface area contributed by atoms with Gasteiger partial charge < -0.3 is 5.32 Å². The number of carbonyl (C=O) groups is 1. The van der Waals surface area contributed by atoms with Gasteiger partial charge in [0.15, 0.2) is 5.78 Å². The number of benzene rings is 2. The lowest BCUT2D eigenvalue weighted by Crippen LogP contribution is -2.05. The first-order valence-electron chi connectivity index (χ1n) is 6.14. The van der Waals surface area contributed by atoms with Crippen LogP contribution < -0.4 is 5.32 Å². The maximum absolute atomic E-state index is 12.5. The van der Waals surface area contributed by atoms with E-state index in [9.17, 15) is 14.9 Å². The first kappa shape index (κ1) is 16.0. The van der Waals surface area contributed by atoms with Crippen molar-refractivity contribution in [3.63, 3.8) is 0 Å². The Bertz CT molecular complexity index is 743. The Balaban J connectivity index is 2.35. The number of nitro groups is 1. The Labute approximate surface area is 136 Å². The second-order valence-electron chi connectivity index (χ2n) is 4.27. The van der Waals surface area contributed by atoms with Crippen molar-refractivity contribution in [3.05, 3.63) is 86.2 Å². The van der Waals surface area contributed by atoms with Gasteiger partial charge in [-0.25, -0.2) is 0 Å². The van der Waals surface area contributed by atoms with E-state index in [1.54, 1.807) is 36.4 Å². The molecule has 0 saturated heterocycles. The van der Waals surface area contributed by atoms with Crippen molar-refractivity contribution >= 4 is 34.7 Å². The van der Waals surface area contributed by atoms with Crippen molar-refractivity contribution in [3.8, 4) is 0 Å². The molecular weight excluding hydrogens is 327 g/mol. The smallest absolute Gasteiger partial charge is 0.250 e. The molecule has 22 heavy (non-hydrogen) atoms. The molecule has 2 rings (SSSR count). The Hall–Kier alpha value is -2.37. The van der Waals surface area contributed by atoms with Gasteiger partial charge in [-0.05, 0) is 42.5 Å². The summed E-state index contributed by atoms with van der Waals surface area (Å²) >= 11 is 11.7. The van der Waals surface area contributed by atoms with Gasteiger partial charge in [0.2, 0.25) is 6.20 Å². The third-order valence-corrected chi connectivity index (χ3v) is 3.25. The summed E-state index contributed by atoms with van der Waals surface area (Å²) in [5.41, 5.74) is 1.17. The highest BCUT2D eigenvalue weighted by molar-refractivity contribution is 6.31. The molecule has 0 bridgehead atoms. The molecule has 0 aliphatic heterocycles. The number of hydrogen-bond acceptors (Lipinski definition) is 4. The summed E-state index contributed by atoms with van der Waals surface area (Å²) in [6, 6.07) is 11.1. The quantitative estimate of drug-likeness (QED) is 0.499. The topological polar surface area (TPSA) is 72.2 Å². The zero-order valence-electron chi connectivity index (χ0n) is 11.1. The Morgan fingerprint density at radius 1 is 1.09 bits per heavy atom. The predicted molar refractivity (Wildman–Crippen MR) is 86.1 cm³/mol. The maximum atomic E-state index is 12.5. The first-order valence-corrected chi connectivity index (χ1v) is 6.89. The molecule has 0 spiro atoms. The summed E-state index contributed by atoms with van der Waals surface area (Å²) < 4.78 is 0. The van der Waals surface area contributed by atoms with Crippen LogP contribution in [0.15, 0.2) is 54.9 Å². The summed E-state index contributed by atoms with van der Waals surface area (Å²) in [4.78, 5) is 22.2. The van der Waals surface area contributed by atoms with Crippen LogP contribution in [-0.2, 0) is 0 Å². The van der Waals surface area contributed by atoms with E-state index < -0.39 is 4.92 Å². The molecule has 7 heteroatoms. The largest absolute Gasteiger partial charge is 0.356 e. The van der Waals surface area contributed by atoms with Gasteiger partial charge in [-0.2, -0.15) is 0 Å². The molecule has 0 heterocycles. The van der Waals surface area contributed by atoms with Crippen molar-refractivity contribution in [1.82, 2.24) is 0 Å². The van der Waals surface area contributed by atoms with Gasteiger partial charge in [0.05, 0.1) is 11.1 Å². The highest BCUT2D eigenvalue weighted by Crippen LogP contribution is 2.24. The van der Waals surface area contributed by atoms with Crippen LogP contribution in [0.5, 0.6) is 0 Å². The molecule has 0 aliphatic rings. The van der Waals surface area contributed by atoms with Gasteiger partial charge in [-0.1, -0.05) is 23.2 Å². The number of rotatable bonds is 5. The van der Waals surface area contributed by atoms with E-state index in [4.69, 9.17) is 23.2 Å². The third kappa shape index (κ3) is 4.07. The molecule has 2 aromatic carbocycles. The molecule has 0 atom stereocenters. The minimum atomic E-state index is -0.608. The Kier molecular flexibility index (Phi) is 5.14. The lowest BCUT2D eigenvalue weighted by atomic mass is 10.0. The van der Waals surface area contributed by atoms with Gasteiger partial charge in [0, 0.05) is 26.9 Å². The van der Waals surface area contributed by atoms with Crippen LogP contribution >= 0.6 is 23.2 Å². The number of ketones is 1. The summed E-state index contributed by atoms with van der Waals surface area (Å²) in [7, 11) is 0. The van der Waals surface area contributed by atoms with Crippen molar-refractivity contribution in [2.45, 2.75) is 0 Å². The van der Waals surface area contributed by atoms with Crippen LogP contribution in [0.4, 0.5) is 5.69 Å². The van der Waals surface area contributed by atoms with Crippen LogP contribution in [0.3, 0.4) is 0 Å². The fraction of sp³-hybridized carbons (Fsp3) is 0. The molecule has 1 N–H and O–H groups in total. The van der Waals surface area contributed by atoms with Crippen molar-refractivity contribution in [2.24, 2.45) is 0 Å². The average molecular weight is 337 g/mol. The molecule has 0 amide bonds. The van der Waals surface area contributed by atoms with E-state index in [-0.39, 0.29) is 5.78 Å². The number of anilines is 1. The zero-order valence-corrected chi connectivity index (χ0v) is 12.6. The maximum Gasteiger partial charge on any atom is 0.250 e. The molecular formula is C15H10Cl2N2O3. The van der Waals surface area contributed by atoms with Gasteiger partial charge in [0.1, 0.15) is 0 Å². The second kappa shape index (κ2) is 7.06. The highest BCUT2D eigenvalue weighted by atomic mass is 35.5. The van der Waals surface area contributed by atoms with Crippen LogP contribution in [0, 0.1) is 10.1 Å². The molecule has 112 valence electrons. The van der Waals surface area contributed by atoms with Gasteiger partial charge in [0.25, 0.3) is 0 Å². The first-order chi connectivity index (χ1) is 10.5. The van der Waals surface area contributed by atoms with E-state index in [1.165, 1.54) is 6.07 Å². The minimum Gasteiger partial charge on any atom is -0.356 e. The van der Waals surface area contributed by atoms with Gasteiger partial charge in [-0.3, -0.25) is 14.9 Å². The summed E-state index contributed by atoms with van der Waals surface area (Å²) in [6.45, 7) is 0. The van der Waals surface area contributed by atoms with Crippen molar-refractivity contribution < 1.29 is 9.72 Å². The summed E-state index contributed by atoms with van der Waals surface area (Å²) in [5.74, 6) is -0.267. The normalized spacial score (nSPS) is 10.6. The molecule has 5 nitrogen and oxygen atoms in total. The highest BCUT2D eigenvalue weighted by Gasteiger charge is 2.14. The molecule has 0 unspecified atom stereocenters. The zero-order chi connectivity index (χ0) is 16.1. The average Bonchev–Trinajstić information content (AvgIpc) is 2.48. The van der Waals surface area contributed by atoms with Crippen molar-refractivity contribution in [1.29, 1.82) is 0 Å². The lowest BCUT2D eigenvalue weighted by molar-refractivity contribution is -0.402. The van der Waals surface area contributed by atoms with Gasteiger partial charge in [-0.15, -0.1) is 0 Å². The van der Waals surface area contributed by atoms with E-state index in [0.717, 1.165) is 12.4 Å². The second-order valence-corrected chi connectivity index (χ2v) is 5.14. The Morgan fingerprint density at radius 3 is 2.36 bits per heavy atom. The summed E-state index contributed by atoms with van der Waals surface area (Å²) in [5, 5.41) is 13.9. The number of hydrogen-bond donors (Lipinski definition) is 1. The standard InChI is InChI=1S/C15H10Cl2N2O3/c16-11-3-1-10(2-4-11)15(20)13-9-12(17)5-6-14(13)18-7-8-19(21)22/h1-9,18H/b8-7+. The van der Waals surface area contributed by atoms with Crippen LogP contribution in [0.1, 0.15) is 15.9 Å². The fourth-order valence-electron chi connectivity index (χ4n) is 1.77. The van der Waals surface area contributed by atoms with E-state index in [2.05, 4.69) is 5.32 Å². The lowest BCUT2D eigenvalue weighted by Gasteiger charge is -2.09. The SMILES string of the molecule is O=C(c1ccc(Cl)cc1)c1cc(Cl)ccc1N/C=C/[N+](=O)[O-].